The molecule has 128 valence electrons. The summed E-state index contributed by atoms with van der Waals surface area (Å²) in [5.41, 5.74) is 0.913. The minimum atomic E-state index is 0.345. The number of phenols is 1. The van der Waals surface area contributed by atoms with Gasteiger partial charge in [0, 0.05) is 0 Å². The van der Waals surface area contributed by atoms with Gasteiger partial charge < -0.3 is 19.6 Å². The van der Waals surface area contributed by atoms with Gasteiger partial charge in [0.05, 0.1) is 41.9 Å². The van der Waals surface area contributed by atoms with Crippen LogP contribution >= 0.6 is 23.2 Å². The van der Waals surface area contributed by atoms with Crippen LogP contribution in [0.4, 0.5) is 5.69 Å². The smallest absolute Gasteiger partial charge is 0.156 e. The fourth-order valence-electron chi connectivity index (χ4n) is 2.96. The number of hydrogen-bond donors (Lipinski definition) is 2. The Balaban J connectivity index is 1.47. The molecule has 2 aromatic rings. The largest absolute Gasteiger partial charge is 0.506 e. The summed E-state index contributed by atoms with van der Waals surface area (Å²) >= 11 is 12.2. The second kappa shape index (κ2) is 7.97. The Morgan fingerprint density at radius 2 is 1.67 bits per heavy atom. The van der Waals surface area contributed by atoms with Crippen molar-refractivity contribution in [2.24, 2.45) is 0 Å². The highest BCUT2D eigenvalue weighted by atomic mass is 35.5. The molecular formula is C18H21Cl2N2O2+. The highest BCUT2D eigenvalue weighted by molar-refractivity contribution is 6.37. The number of anilines is 1. The summed E-state index contributed by atoms with van der Waals surface area (Å²) in [5, 5.41) is 11.0. The Hall–Kier alpha value is -1.62. The topological polar surface area (TPSA) is 37.1 Å². The number of phenolic OH excluding ortho intramolecular Hbond substituents is 1. The van der Waals surface area contributed by atoms with Gasteiger partial charge in [0.25, 0.3) is 0 Å². The first-order valence-electron chi connectivity index (χ1n) is 8.08. The van der Waals surface area contributed by atoms with Crippen molar-refractivity contribution in [2.45, 2.75) is 0 Å². The number of halogens is 2. The fourth-order valence-corrected chi connectivity index (χ4v) is 3.47. The maximum absolute atomic E-state index is 9.95. The number of hydrogen-bond acceptors (Lipinski definition) is 3. The number of piperazine rings is 1. The number of rotatable bonds is 5. The predicted molar refractivity (Wildman–Crippen MR) is 97.8 cm³/mol. The van der Waals surface area contributed by atoms with Gasteiger partial charge in [-0.05, 0) is 24.3 Å². The molecule has 0 unspecified atom stereocenters. The fraction of sp³-hybridized carbons (Fsp3) is 0.333. The molecule has 0 aliphatic carbocycles. The zero-order valence-electron chi connectivity index (χ0n) is 13.3. The van der Waals surface area contributed by atoms with Gasteiger partial charge in [-0.1, -0.05) is 41.4 Å². The van der Waals surface area contributed by atoms with E-state index >= 15 is 0 Å². The Kier molecular flexibility index (Phi) is 5.72. The van der Waals surface area contributed by atoms with Gasteiger partial charge in [-0.3, -0.25) is 0 Å². The highest BCUT2D eigenvalue weighted by Crippen LogP contribution is 2.32. The van der Waals surface area contributed by atoms with Crippen LogP contribution in [0.1, 0.15) is 0 Å². The van der Waals surface area contributed by atoms with Gasteiger partial charge in [-0.15, -0.1) is 0 Å². The standard InChI is InChI=1S/C18H20Cl2N2O2/c19-14-4-3-5-15(20)18(14)24-13-12-21-8-10-22(11-9-21)16-6-1-2-7-17(16)23/h1-7,23H,8-13H2/p+1. The van der Waals surface area contributed by atoms with Crippen LogP contribution in [0.3, 0.4) is 0 Å². The maximum Gasteiger partial charge on any atom is 0.156 e. The van der Waals surface area contributed by atoms with Crippen molar-refractivity contribution in [3.63, 3.8) is 0 Å². The maximum atomic E-state index is 9.95. The second-order valence-electron chi connectivity index (χ2n) is 5.88. The number of nitrogens with one attached hydrogen (secondary N) is 1. The van der Waals surface area contributed by atoms with Gasteiger partial charge in [0.1, 0.15) is 18.9 Å². The summed E-state index contributed by atoms with van der Waals surface area (Å²) in [4.78, 5) is 3.70. The third-order valence-electron chi connectivity index (χ3n) is 4.31. The molecule has 0 amide bonds. The van der Waals surface area contributed by atoms with Crippen LogP contribution in [0.2, 0.25) is 10.0 Å². The average Bonchev–Trinajstić information content (AvgIpc) is 2.59. The number of ether oxygens (including phenoxy) is 1. The lowest BCUT2D eigenvalue weighted by Gasteiger charge is -2.33. The molecule has 24 heavy (non-hydrogen) atoms. The van der Waals surface area contributed by atoms with Crippen LogP contribution < -0.4 is 14.5 Å². The van der Waals surface area contributed by atoms with E-state index in [-0.39, 0.29) is 0 Å². The first-order chi connectivity index (χ1) is 11.6. The molecule has 1 aliphatic rings. The van der Waals surface area contributed by atoms with Crippen molar-refractivity contribution in [2.75, 3.05) is 44.2 Å². The lowest BCUT2D eigenvalue weighted by molar-refractivity contribution is -0.900. The minimum Gasteiger partial charge on any atom is -0.506 e. The number of aromatic hydroxyl groups is 1. The zero-order chi connectivity index (χ0) is 16.9. The predicted octanol–water partition coefficient (Wildman–Crippen LogP) is 2.48. The van der Waals surface area contributed by atoms with E-state index in [4.69, 9.17) is 27.9 Å². The number of nitrogens with zero attached hydrogens (tertiary/aromatic N) is 1. The molecule has 3 rings (SSSR count). The van der Waals surface area contributed by atoms with Gasteiger partial charge in [-0.25, -0.2) is 0 Å². The third-order valence-corrected chi connectivity index (χ3v) is 4.91. The summed E-state index contributed by atoms with van der Waals surface area (Å²) in [6.07, 6.45) is 0. The van der Waals surface area contributed by atoms with Crippen LogP contribution in [-0.2, 0) is 0 Å². The molecule has 0 spiro atoms. The molecule has 0 atom stereocenters. The van der Waals surface area contributed by atoms with Gasteiger partial charge in [-0.2, -0.15) is 0 Å². The lowest BCUT2D eigenvalue weighted by Crippen LogP contribution is -3.15. The van der Waals surface area contributed by atoms with Crippen LogP contribution in [0.25, 0.3) is 0 Å². The molecule has 2 N–H and O–H groups in total. The van der Waals surface area contributed by atoms with E-state index in [9.17, 15) is 5.11 Å². The van der Waals surface area contributed by atoms with Gasteiger partial charge in [0.2, 0.25) is 0 Å². The summed E-state index contributed by atoms with van der Waals surface area (Å²) in [5.74, 6) is 0.908. The Morgan fingerprint density at radius 3 is 2.33 bits per heavy atom. The molecule has 1 heterocycles. The normalized spacial score (nSPS) is 15.5. The molecule has 1 saturated heterocycles. The van der Waals surface area contributed by atoms with E-state index in [1.54, 1.807) is 24.3 Å². The Labute approximate surface area is 152 Å². The number of benzene rings is 2. The second-order valence-corrected chi connectivity index (χ2v) is 6.69. The SMILES string of the molecule is Oc1ccccc1N1CC[NH+](CCOc2c(Cl)cccc2Cl)CC1. The van der Waals surface area contributed by atoms with Crippen LogP contribution in [0, 0.1) is 0 Å². The van der Waals surface area contributed by atoms with Gasteiger partial charge >= 0.3 is 0 Å². The lowest BCUT2D eigenvalue weighted by atomic mass is 10.2. The molecule has 0 bridgehead atoms. The molecule has 2 aromatic carbocycles. The monoisotopic (exact) mass is 367 g/mol. The Morgan fingerprint density at radius 1 is 1.00 bits per heavy atom. The molecule has 6 heteroatoms. The number of quaternary nitrogens is 1. The van der Waals surface area contributed by atoms with E-state index in [1.165, 1.54) is 4.90 Å². The summed E-state index contributed by atoms with van der Waals surface area (Å²) in [6, 6.07) is 12.9. The zero-order valence-corrected chi connectivity index (χ0v) is 14.9. The summed E-state index contributed by atoms with van der Waals surface area (Å²) in [7, 11) is 0. The quantitative estimate of drug-likeness (QED) is 0.852. The van der Waals surface area contributed by atoms with E-state index < -0.39 is 0 Å². The van der Waals surface area contributed by atoms with Crippen LogP contribution in [0.5, 0.6) is 11.5 Å². The first kappa shape index (κ1) is 17.2. The first-order valence-corrected chi connectivity index (χ1v) is 8.84. The van der Waals surface area contributed by atoms with E-state index in [0.29, 0.717) is 28.2 Å². The van der Waals surface area contributed by atoms with Crippen LogP contribution in [-0.4, -0.2) is 44.4 Å². The molecular weight excluding hydrogens is 347 g/mol. The van der Waals surface area contributed by atoms with E-state index in [1.807, 2.05) is 18.2 Å². The van der Waals surface area contributed by atoms with Crippen molar-refractivity contribution >= 4 is 28.9 Å². The van der Waals surface area contributed by atoms with Crippen molar-refractivity contribution in [3.05, 3.63) is 52.5 Å². The molecule has 0 aromatic heterocycles. The molecule has 1 aliphatic heterocycles. The number of para-hydroxylation sites is 3. The molecule has 1 fully saturated rings. The van der Waals surface area contributed by atoms with Crippen molar-refractivity contribution in [3.8, 4) is 11.5 Å². The summed E-state index contributed by atoms with van der Waals surface area (Å²) < 4.78 is 5.76. The molecule has 0 saturated carbocycles. The van der Waals surface area contributed by atoms with Crippen molar-refractivity contribution < 1.29 is 14.7 Å². The van der Waals surface area contributed by atoms with E-state index in [0.717, 1.165) is 38.4 Å². The summed E-state index contributed by atoms with van der Waals surface area (Å²) in [6.45, 7) is 5.33. The Bertz CT molecular complexity index is 668. The van der Waals surface area contributed by atoms with Crippen molar-refractivity contribution in [1.82, 2.24) is 0 Å². The molecule has 4 nitrogen and oxygen atoms in total. The third kappa shape index (κ3) is 4.07. The van der Waals surface area contributed by atoms with E-state index in [2.05, 4.69) is 4.90 Å². The molecule has 0 radical (unpaired) electrons. The van der Waals surface area contributed by atoms with Gasteiger partial charge in [0.15, 0.2) is 5.75 Å². The highest BCUT2D eigenvalue weighted by Gasteiger charge is 2.21. The van der Waals surface area contributed by atoms with Crippen molar-refractivity contribution in [1.29, 1.82) is 0 Å². The van der Waals surface area contributed by atoms with Crippen LogP contribution in [0.15, 0.2) is 42.5 Å². The average molecular weight is 368 g/mol. The minimum absolute atomic E-state index is 0.345.